The summed E-state index contributed by atoms with van der Waals surface area (Å²) < 4.78 is 10.7. The van der Waals surface area contributed by atoms with Gasteiger partial charge in [-0.25, -0.2) is 4.79 Å². The fourth-order valence-electron chi connectivity index (χ4n) is 3.35. The summed E-state index contributed by atoms with van der Waals surface area (Å²) in [4.78, 5) is 12.0. The van der Waals surface area contributed by atoms with Crippen LogP contribution in [0.25, 0.3) is 0 Å². The van der Waals surface area contributed by atoms with E-state index >= 15 is 0 Å². The molecule has 1 heterocycles. The molecular weight excluding hydrogens is 276 g/mol. The van der Waals surface area contributed by atoms with Crippen molar-refractivity contribution in [3.05, 3.63) is 35.5 Å². The van der Waals surface area contributed by atoms with Gasteiger partial charge in [0.1, 0.15) is 0 Å². The molecule has 0 aromatic heterocycles. The van der Waals surface area contributed by atoms with E-state index in [1.54, 1.807) is 6.08 Å². The Hall–Kier alpha value is -1.35. The molecular formula is C19H28O3. The molecule has 1 saturated heterocycles. The Morgan fingerprint density at radius 1 is 1.45 bits per heavy atom. The molecule has 0 radical (unpaired) electrons. The molecule has 0 aromatic rings. The summed E-state index contributed by atoms with van der Waals surface area (Å²) in [6.07, 6.45) is 11.7. The lowest BCUT2D eigenvalue weighted by atomic mass is 9.81. The Bertz CT molecular complexity index is 473. The van der Waals surface area contributed by atoms with E-state index in [9.17, 15) is 4.79 Å². The topological polar surface area (TPSA) is 35.5 Å². The van der Waals surface area contributed by atoms with Gasteiger partial charge in [0.15, 0.2) is 0 Å². The molecule has 3 nitrogen and oxygen atoms in total. The molecule has 2 aliphatic rings. The zero-order valence-electron chi connectivity index (χ0n) is 14.0. The first-order valence-corrected chi connectivity index (χ1v) is 8.48. The van der Waals surface area contributed by atoms with Gasteiger partial charge in [-0.05, 0) is 42.7 Å². The highest BCUT2D eigenvalue weighted by molar-refractivity contribution is 5.83. The van der Waals surface area contributed by atoms with Crippen LogP contribution in [0.1, 0.15) is 40.0 Å². The van der Waals surface area contributed by atoms with Crippen LogP contribution in [0.2, 0.25) is 0 Å². The summed E-state index contributed by atoms with van der Waals surface area (Å²) >= 11 is 0. The number of esters is 1. The molecule has 0 aromatic carbocycles. The summed E-state index contributed by atoms with van der Waals surface area (Å²) in [6, 6.07) is 0. The molecule has 1 aliphatic carbocycles. The minimum Gasteiger partial charge on any atom is -0.463 e. The number of fused-ring (bicyclic) bond motifs is 1. The number of hydrogen-bond acceptors (Lipinski definition) is 3. The van der Waals surface area contributed by atoms with Crippen LogP contribution in [0.4, 0.5) is 0 Å². The molecule has 122 valence electrons. The summed E-state index contributed by atoms with van der Waals surface area (Å²) in [7, 11) is 0. The van der Waals surface area contributed by atoms with Crippen molar-refractivity contribution in [2.24, 2.45) is 17.8 Å². The third kappa shape index (κ3) is 4.33. The number of hydrogen-bond donors (Lipinski definition) is 0. The first-order valence-electron chi connectivity index (χ1n) is 8.48. The summed E-state index contributed by atoms with van der Waals surface area (Å²) in [5.41, 5.74) is 2.39. The average Bonchev–Trinajstić information content (AvgIpc) is 2.92. The van der Waals surface area contributed by atoms with E-state index in [0.29, 0.717) is 31.0 Å². The van der Waals surface area contributed by atoms with E-state index in [-0.39, 0.29) is 5.97 Å². The van der Waals surface area contributed by atoms with Crippen molar-refractivity contribution in [3.8, 4) is 0 Å². The zero-order chi connectivity index (χ0) is 15.9. The lowest BCUT2D eigenvalue weighted by Crippen LogP contribution is -2.15. The smallest absolute Gasteiger partial charge is 0.331 e. The molecule has 1 fully saturated rings. The molecule has 0 spiro atoms. The largest absolute Gasteiger partial charge is 0.463 e. The highest BCUT2D eigenvalue weighted by Crippen LogP contribution is 2.34. The summed E-state index contributed by atoms with van der Waals surface area (Å²) in [5.74, 6) is 1.04. The van der Waals surface area contributed by atoms with Gasteiger partial charge in [-0.15, -0.1) is 0 Å². The molecule has 3 heteroatoms. The number of ether oxygens (including phenoxy) is 2. The fraction of sp³-hybridized carbons (Fsp3) is 0.632. The molecule has 0 saturated carbocycles. The highest BCUT2D eigenvalue weighted by atomic mass is 16.5. The van der Waals surface area contributed by atoms with E-state index < -0.39 is 0 Å². The van der Waals surface area contributed by atoms with Crippen molar-refractivity contribution < 1.29 is 14.3 Å². The predicted octanol–water partition coefficient (Wildman–Crippen LogP) is 4.06. The first-order chi connectivity index (χ1) is 10.7. The van der Waals surface area contributed by atoms with Gasteiger partial charge < -0.3 is 9.47 Å². The van der Waals surface area contributed by atoms with Crippen molar-refractivity contribution in [2.75, 3.05) is 19.8 Å². The number of allylic oxidation sites excluding steroid dienone is 3. The standard InChI is InChI=1S/C19H28O3/c1-4-7-18-14(3)8-6-9-15-12-21-13-17(15)10-16(18)11-19(20)22-5-2/h6,9-11,14-15,18H,4-5,7-8,12-13H2,1-3H3/b9-6-,16-11-,17-10-. The number of carbonyl (C=O) groups is 1. The third-order valence-electron chi connectivity index (χ3n) is 4.56. The molecule has 1 aliphatic heterocycles. The normalized spacial score (nSPS) is 34.0. The highest BCUT2D eigenvalue weighted by Gasteiger charge is 2.26. The number of rotatable bonds is 4. The van der Waals surface area contributed by atoms with Gasteiger partial charge in [0, 0.05) is 12.0 Å². The third-order valence-corrected chi connectivity index (χ3v) is 4.56. The van der Waals surface area contributed by atoms with Gasteiger partial charge in [-0.2, -0.15) is 0 Å². The molecule has 3 unspecified atom stereocenters. The average molecular weight is 304 g/mol. The minimum absolute atomic E-state index is 0.231. The van der Waals surface area contributed by atoms with Gasteiger partial charge in [0.05, 0.1) is 19.8 Å². The fourth-order valence-corrected chi connectivity index (χ4v) is 3.35. The van der Waals surface area contributed by atoms with E-state index in [2.05, 4.69) is 32.1 Å². The van der Waals surface area contributed by atoms with Crippen molar-refractivity contribution in [2.45, 2.75) is 40.0 Å². The van der Waals surface area contributed by atoms with E-state index in [4.69, 9.17) is 9.47 Å². The van der Waals surface area contributed by atoms with Crippen LogP contribution in [0.5, 0.6) is 0 Å². The van der Waals surface area contributed by atoms with Crippen LogP contribution in [0.3, 0.4) is 0 Å². The maximum Gasteiger partial charge on any atom is 0.331 e. The Labute approximate surface area is 134 Å². The predicted molar refractivity (Wildman–Crippen MR) is 88.4 cm³/mol. The van der Waals surface area contributed by atoms with E-state index in [1.807, 2.05) is 6.92 Å². The van der Waals surface area contributed by atoms with Crippen LogP contribution in [-0.2, 0) is 14.3 Å². The van der Waals surface area contributed by atoms with Gasteiger partial charge in [-0.3, -0.25) is 0 Å². The van der Waals surface area contributed by atoms with E-state index in [0.717, 1.165) is 31.4 Å². The van der Waals surface area contributed by atoms with Crippen molar-refractivity contribution in [1.82, 2.24) is 0 Å². The Morgan fingerprint density at radius 3 is 3.00 bits per heavy atom. The molecule has 3 atom stereocenters. The molecule has 0 N–H and O–H groups in total. The molecule has 0 bridgehead atoms. The minimum atomic E-state index is -0.231. The van der Waals surface area contributed by atoms with Gasteiger partial charge in [0.2, 0.25) is 0 Å². The van der Waals surface area contributed by atoms with Gasteiger partial charge in [-0.1, -0.05) is 38.5 Å². The molecule has 0 amide bonds. The summed E-state index contributed by atoms with van der Waals surface area (Å²) in [6.45, 7) is 8.16. The second kappa shape index (κ2) is 8.33. The lowest BCUT2D eigenvalue weighted by Gasteiger charge is -2.24. The SMILES string of the molecule is CCCC1C(=C\C(=O)OCC)/C=C2/COCC2/C=C\CC1C. The Morgan fingerprint density at radius 2 is 2.27 bits per heavy atom. The maximum absolute atomic E-state index is 12.0. The monoisotopic (exact) mass is 304 g/mol. The van der Waals surface area contributed by atoms with E-state index in [1.165, 1.54) is 5.57 Å². The van der Waals surface area contributed by atoms with Crippen LogP contribution >= 0.6 is 0 Å². The molecule has 2 rings (SSSR count). The molecule has 22 heavy (non-hydrogen) atoms. The van der Waals surface area contributed by atoms with Crippen LogP contribution in [0.15, 0.2) is 35.5 Å². The summed E-state index contributed by atoms with van der Waals surface area (Å²) in [5, 5.41) is 0. The second-order valence-electron chi connectivity index (χ2n) is 6.27. The van der Waals surface area contributed by atoms with Crippen molar-refractivity contribution >= 4 is 5.97 Å². The Kier molecular flexibility index (Phi) is 6.44. The van der Waals surface area contributed by atoms with Crippen molar-refractivity contribution in [1.29, 1.82) is 0 Å². The first kappa shape index (κ1) is 17.0. The van der Waals surface area contributed by atoms with Crippen LogP contribution in [-0.4, -0.2) is 25.8 Å². The second-order valence-corrected chi connectivity index (χ2v) is 6.27. The zero-order valence-corrected chi connectivity index (χ0v) is 14.0. The number of carbonyl (C=O) groups excluding carboxylic acids is 1. The van der Waals surface area contributed by atoms with Crippen LogP contribution < -0.4 is 0 Å². The van der Waals surface area contributed by atoms with Gasteiger partial charge in [0.25, 0.3) is 0 Å². The Balaban J connectivity index is 2.36. The van der Waals surface area contributed by atoms with Crippen LogP contribution in [0, 0.1) is 17.8 Å². The maximum atomic E-state index is 12.0. The lowest BCUT2D eigenvalue weighted by molar-refractivity contribution is -0.137. The van der Waals surface area contributed by atoms with Gasteiger partial charge >= 0.3 is 5.97 Å². The van der Waals surface area contributed by atoms with Crippen molar-refractivity contribution in [3.63, 3.8) is 0 Å². The quantitative estimate of drug-likeness (QED) is 0.446.